The summed E-state index contributed by atoms with van der Waals surface area (Å²) in [6.07, 6.45) is 2.09. The molecule has 0 unspecified atom stereocenters. The lowest BCUT2D eigenvalue weighted by Gasteiger charge is -2.22. The second-order valence-corrected chi connectivity index (χ2v) is 5.30. The van der Waals surface area contributed by atoms with Crippen molar-refractivity contribution in [3.05, 3.63) is 17.3 Å². The van der Waals surface area contributed by atoms with Crippen LogP contribution in [0, 0.1) is 0 Å². The molecule has 0 atom stereocenters. The number of aromatic nitrogens is 2. The van der Waals surface area contributed by atoms with Crippen molar-refractivity contribution in [1.29, 1.82) is 0 Å². The summed E-state index contributed by atoms with van der Waals surface area (Å²) in [6.45, 7) is 8.33. The summed E-state index contributed by atoms with van der Waals surface area (Å²) >= 11 is 1.68. The van der Waals surface area contributed by atoms with Gasteiger partial charge < -0.3 is 10.2 Å². The predicted molar refractivity (Wildman–Crippen MR) is 74.0 cm³/mol. The highest BCUT2D eigenvalue weighted by Gasteiger charge is 2.17. The number of nitrogens with one attached hydrogen (secondary N) is 1. The maximum Gasteiger partial charge on any atom is 0.195 e. The molecule has 17 heavy (non-hydrogen) atoms. The molecule has 0 aliphatic rings. The summed E-state index contributed by atoms with van der Waals surface area (Å²) in [5.41, 5.74) is 1.25. The van der Waals surface area contributed by atoms with E-state index in [1.165, 1.54) is 5.69 Å². The zero-order valence-corrected chi connectivity index (χ0v) is 11.7. The molecule has 2 rings (SSSR count). The van der Waals surface area contributed by atoms with Gasteiger partial charge in [0.1, 0.15) is 0 Å². The number of nitrogens with zero attached hydrogens (tertiary/aromatic N) is 3. The first-order valence-electron chi connectivity index (χ1n) is 6.03. The Labute approximate surface area is 106 Å². The van der Waals surface area contributed by atoms with Crippen LogP contribution in [-0.4, -0.2) is 29.0 Å². The van der Waals surface area contributed by atoms with E-state index in [1.54, 1.807) is 11.3 Å². The van der Waals surface area contributed by atoms with Gasteiger partial charge in [0.15, 0.2) is 10.8 Å². The van der Waals surface area contributed by atoms with Crippen molar-refractivity contribution in [2.24, 2.45) is 0 Å². The topological polar surface area (TPSA) is 32.6 Å². The molecule has 0 aliphatic heterocycles. The molecule has 2 aromatic rings. The van der Waals surface area contributed by atoms with Crippen LogP contribution in [0.15, 0.2) is 11.6 Å². The first-order chi connectivity index (χ1) is 8.15. The van der Waals surface area contributed by atoms with Crippen LogP contribution >= 0.6 is 11.3 Å². The van der Waals surface area contributed by atoms with E-state index in [2.05, 4.69) is 54.0 Å². The summed E-state index contributed by atoms with van der Waals surface area (Å²) in [7, 11) is 2.10. The van der Waals surface area contributed by atoms with Gasteiger partial charge in [0.2, 0.25) is 0 Å². The molecule has 0 radical (unpaired) electrons. The molecule has 94 valence electrons. The van der Waals surface area contributed by atoms with Gasteiger partial charge in [-0.15, -0.1) is 11.3 Å². The van der Waals surface area contributed by atoms with Gasteiger partial charge in [0, 0.05) is 31.2 Å². The zero-order chi connectivity index (χ0) is 12.4. The van der Waals surface area contributed by atoms with Crippen LogP contribution in [0.2, 0.25) is 0 Å². The van der Waals surface area contributed by atoms with Crippen molar-refractivity contribution < 1.29 is 0 Å². The third kappa shape index (κ3) is 2.30. The lowest BCUT2D eigenvalue weighted by molar-refractivity contribution is 0.690. The van der Waals surface area contributed by atoms with Gasteiger partial charge in [0.05, 0.1) is 5.69 Å². The summed E-state index contributed by atoms with van der Waals surface area (Å²) in [5.74, 6) is 1.09. The Hall–Kier alpha value is -1.07. The van der Waals surface area contributed by atoms with Gasteiger partial charge in [-0.1, -0.05) is 6.92 Å². The third-order valence-electron chi connectivity index (χ3n) is 2.99. The van der Waals surface area contributed by atoms with Crippen molar-refractivity contribution in [2.45, 2.75) is 33.4 Å². The largest absolute Gasteiger partial charge is 0.356 e. The smallest absolute Gasteiger partial charge is 0.195 e. The fourth-order valence-electron chi connectivity index (χ4n) is 1.76. The maximum absolute atomic E-state index is 4.71. The SMILES string of the molecule is CCNCc1c(N(C)C(C)C)nc2sccn12. The molecule has 0 bridgehead atoms. The summed E-state index contributed by atoms with van der Waals surface area (Å²) in [5, 5.41) is 5.46. The van der Waals surface area contributed by atoms with Gasteiger partial charge in [-0.3, -0.25) is 4.40 Å². The molecule has 4 nitrogen and oxygen atoms in total. The van der Waals surface area contributed by atoms with Gasteiger partial charge in [-0.25, -0.2) is 4.98 Å². The molecule has 0 aromatic carbocycles. The Bertz CT molecular complexity index is 486. The average Bonchev–Trinajstić information content (AvgIpc) is 2.85. The second kappa shape index (κ2) is 5.06. The second-order valence-electron chi connectivity index (χ2n) is 4.42. The number of hydrogen-bond donors (Lipinski definition) is 1. The zero-order valence-electron chi connectivity index (χ0n) is 10.9. The first-order valence-corrected chi connectivity index (χ1v) is 6.91. The minimum atomic E-state index is 0.458. The molecule has 1 N–H and O–H groups in total. The van der Waals surface area contributed by atoms with Crippen molar-refractivity contribution in [3.8, 4) is 0 Å². The molecule has 5 heteroatoms. The predicted octanol–water partition coefficient (Wildman–Crippen LogP) is 2.35. The van der Waals surface area contributed by atoms with Gasteiger partial charge in [0.25, 0.3) is 0 Å². The van der Waals surface area contributed by atoms with E-state index in [4.69, 9.17) is 4.98 Å². The van der Waals surface area contributed by atoms with Crippen molar-refractivity contribution in [2.75, 3.05) is 18.5 Å². The summed E-state index contributed by atoms with van der Waals surface area (Å²) < 4.78 is 2.18. The van der Waals surface area contributed by atoms with Crippen molar-refractivity contribution in [1.82, 2.24) is 14.7 Å². The van der Waals surface area contributed by atoms with E-state index < -0.39 is 0 Å². The van der Waals surface area contributed by atoms with Gasteiger partial charge in [-0.2, -0.15) is 0 Å². The van der Waals surface area contributed by atoms with E-state index in [0.29, 0.717) is 6.04 Å². The molecular weight excluding hydrogens is 232 g/mol. The quantitative estimate of drug-likeness (QED) is 0.886. The fraction of sp³-hybridized carbons (Fsp3) is 0.583. The normalized spacial score (nSPS) is 11.6. The number of imidazole rings is 1. The van der Waals surface area contributed by atoms with Crippen LogP contribution in [0.25, 0.3) is 4.96 Å². The highest BCUT2D eigenvalue weighted by Crippen LogP contribution is 2.25. The summed E-state index contributed by atoms with van der Waals surface area (Å²) in [4.78, 5) is 8.01. The Morgan fingerprint density at radius 3 is 2.94 bits per heavy atom. The molecule has 0 amide bonds. The number of rotatable bonds is 5. The molecule has 0 aliphatic carbocycles. The molecule has 0 saturated heterocycles. The van der Waals surface area contributed by atoms with Crippen LogP contribution in [0.5, 0.6) is 0 Å². The lowest BCUT2D eigenvalue weighted by Crippen LogP contribution is -2.28. The molecular formula is C12H20N4S. The number of fused-ring (bicyclic) bond motifs is 1. The van der Waals surface area contributed by atoms with Gasteiger partial charge in [-0.05, 0) is 20.4 Å². The van der Waals surface area contributed by atoms with Crippen LogP contribution in [0.1, 0.15) is 26.5 Å². The lowest BCUT2D eigenvalue weighted by atomic mass is 10.3. The maximum atomic E-state index is 4.71. The monoisotopic (exact) mass is 252 g/mol. The third-order valence-corrected chi connectivity index (χ3v) is 3.75. The molecule has 0 fully saturated rings. The number of hydrogen-bond acceptors (Lipinski definition) is 4. The van der Waals surface area contributed by atoms with Crippen LogP contribution in [-0.2, 0) is 6.54 Å². The summed E-state index contributed by atoms with van der Waals surface area (Å²) in [6, 6.07) is 0.458. The van der Waals surface area contributed by atoms with Crippen LogP contribution < -0.4 is 10.2 Å². The molecule has 2 aromatic heterocycles. The Kier molecular flexibility index (Phi) is 3.69. The van der Waals surface area contributed by atoms with E-state index >= 15 is 0 Å². The number of anilines is 1. The molecule has 0 spiro atoms. The Morgan fingerprint density at radius 1 is 1.53 bits per heavy atom. The molecule has 0 saturated carbocycles. The van der Waals surface area contributed by atoms with Crippen LogP contribution in [0.3, 0.4) is 0 Å². The fourth-order valence-corrected chi connectivity index (χ4v) is 2.48. The van der Waals surface area contributed by atoms with E-state index in [0.717, 1.165) is 23.9 Å². The van der Waals surface area contributed by atoms with Gasteiger partial charge >= 0.3 is 0 Å². The van der Waals surface area contributed by atoms with Crippen LogP contribution in [0.4, 0.5) is 5.82 Å². The van der Waals surface area contributed by atoms with Crippen molar-refractivity contribution >= 4 is 22.1 Å². The minimum Gasteiger partial charge on any atom is -0.356 e. The number of thiazole rings is 1. The minimum absolute atomic E-state index is 0.458. The Morgan fingerprint density at radius 2 is 2.29 bits per heavy atom. The standard InChI is InChI=1S/C12H20N4S/c1-5-13-8-10-11(15(4)9(2)3)14-12-16(10)6-7-17-12/h6-7,9,13H,5,8H2,1-4H3. The highest BCUT2D eigenvalue weighted by atomic mass is 32.1. The average molecular weight is 252 g/mol. The van der Waals surface area contributed by atoms with E-state index in [1.807, 2.05) is 0 Å². The van der Waals surface area contributed by atoms with E-state index in [9.17, 15) is 0 Å². The van der Waals surface area contributed by atoms with Crippen molar-refractivity contribution in [3.63, 3.8) is 0 Å². The highest BCUT2D eigenvalue weighted by molar-refractivity contribution is 7.15. The van der Waals surface area contributed by atoms with E-state index in [-0.39, 0.29) is 0 Å². The Balaban J connectivity index is 2.42. The molecule has 2 heterocycles. The first kappa shape index (κ1) is 12.4.